The Hall–Kier alpha value is -2.09. The first-order valence-electron chi connectivity index (χ1n) is 7.74. The van der Waals surface area contributed by atoms with E-state index >= 15 is 0 Å². The zero-order valence-electron chi connectivity index (χ0n) is 13.5. The van der Waals surface area contributed by atoms with Crippen molar-refractivity contribution in [3.8, 4) is 0 Å². The highest BCUT2D eigenvalue weighted by atomic mass is 35.5. The third-order valence-electron chi connectivity index (χ3n) is 4.22. The first-order valence-corrected chi connectivity index (χ1v) is 9.49. The first kappa shape index (κ1) is 17.3. The van der Waals surface area contributed by atoms with Crippen LogP contribution in [0.15, 0.2) is 35.6 Å². The number of nitrogens with one attached hydrogen (secondary N) is 1. The lowest BCUT2D eigenvalue weighted by molar-refractivity contribution is -0.116. The van der Waals surface area contributed by atoms with Gasteiger partial charge in [0, 0.05) is 17.4 Å². The Balaban J connectivity index is 1.54. The molecule has 0 fully saturated rings. The van der Waals surface area contributed by atoms with E-state index in [0.717, 1.165) is 11.3 Å². The average molecular weight is 407 g/mol. The number of amides is 1. The van der Waals surface area contributed by atoms with Crippen LogP contribution in [-0.4, -0.2) is 32.0 Å². The number of nitrogens with zero attached hydrogens (tertiary/aromatic N) is 3. The molecule has 132 valence electrons. The van der Waals surface area contributed by atoms with Crippen molar-refractivity contribution >= 4 is 58.0 Å². The third-order valence-corrected chi connectivity index (χ3v) is 5.65. The summed E-state index contributed by atoms with van der Waals surface area (Å²) >= 11 is 13.4. The van der Waals surface area contributed by atoms with E-state index in [-0.39, 0.29) is 23.4 Å². The van der Waals surface area contributed by atoms with E-state index in [1.165, 1.54) is 11.8 Å². The van der Waals surface area contributed by atoms with E-state index in [9.17, 15) is 9.59 Å². The van der Waals surface area contributed by atoms with Crippen LogP contribution in [0.5, 0.6) is 0 Å². The molecule has 0 spiro atoms. The molecule has 26 heavy (non-hydrogen) atoms. The number of halogens is 2. The maximum atomic E-state index is 12.6. The fraction of sp³-hybridized carbons (Fsp3) is 0.176. The standard InChI is InChI=1S/C17H12Cl2N4O2S/c1-8-11-4-9(2-3-13(11)20-16(8)25)14(24)7-26-17-22-21-15-12(19)5-10(18)6-23(15)17/h2-6,8H,7H2,1H3,(H,20,25)/t8-/m0/s1. The molecule has 3 heterocycles. The Morgan fingerprint density at radius 1 is 1.31 bits per heavy atom. The predicted octanol–water partition coefficient (Wildman–Crippen LogP) is 4.07. The molecule has 1 amide bonds. The number of thioether (sulfide) groups is 1. The second-order valence-electron chi connectivity index (χ2n) is 5.91. The summed E-state index contributed by atoms with van der Waals surface area (Å²) in [6.45, 7) is 1.82. The van der Waals surface area contributed by atoms with E-state index < -0.39 is 0 Å². The van der Waals surface area contributed by atoms with Crippen LogP contribution >= 0.6 is 35.0 Å². The Bertz CT molecular complexity index is 1070. The zero-order chi connectivity index (χ0) is 18.4. The minimum Gasteiger partial charge on any atom is -0.325 e. The van der Waals surface area contributed by atoms with E-state index in [1.54, 1.807) is 34.9 Å². The number of ketones is 1. The molecular formula is C17H12Cl2N4O2S. The number of hydrogen-bond acceptors (Lipinski definition) is 5. The normalized spacial score (nSPS) is 16.0. The van der Waals surface area contributed by atoms with E-state index in [2.05, 4.69) is 15.5 Å². The Kier molecular flexibility index (Phi) is 4.38. The quantitative estimate of drug-likeness (QED) is 0.521. The van der Waals surface area contributed by atoms with Gasteiger partial charge in [-0.05, 0) is 36.8 Å². The zero-order valence-corrected chi connectivity index (χ0v) is 15.8. The SMILES string of the molecule is C[C@@H]1C(=O)Nc2ccc(C(=O)CSc3nnc4c(Cl)cc(Cl)cn34)cc21. The van der Waals surface area contributed by atoms with Gasteiger partial charge in [-0.1, -0.05) is 35.0 Å². The number of aromatic nitrogens is 3. The van der Waals surface area contributed by atoms with Gasteiger partial charge in [0.25, 0.3) is 0 Å². The number of carbonyl (C=O) groups is 2. The second kappa shape index (κ2) is 6.57. The Morgan fingerprint density at radius 2 is 2.12 bits per heavy atom. The van der Waals surface area contributed by atoms with Gasteiger partial charge >= 0.3 is 0 Å². The summed E-state index contributed by atoms with van der Waals surface area (Å²) in [5.41, 5.74) is 2.66. The van der Waals surface area contributed by atoms with Gasteiger partial charge in [-0.15, -0.1) is 10.2 Å². The highest BCUT2D eigenvalue weighted by molar-refractivity contribution is 7.99. The molecule has 1 aliphatic heterocycles. The molecule has 0 saturated carbocycles. The lowest BCUT2D eigenvalue weighted by atomic mass is 9.99. The van der Waals surface area contributed by atoms with Crippen LogP contribution in [0.1, 0.15) is 28.8 Å². The van der Waals surface area contributed by atoms with Crippen molar-refractivity contribution in [1.82, 2.24) is 14.6 Å². The second-order valence-corrected chi connectivity index (χ2v) is 7.69. The van der Waals surface area contributed by atoms with Crippen molar-refractivity contribution in [3.05, 3.63) is 51.6 Å². The van der Waals surface area contributed by atoms with Crippen LogP contribution in [0.25, 0.3) is 5.65 Å². The molecule has 6 nitrogen and oxygen atoms in total. The monoisotopic (exact) mass is 406 g/mol. The summed E-state index contributed by atoms with van der Waals surface area (Å²) in [5, 5.41) is 12.3. The van der Waals surface area contributed by atoms with E-state index in [0.29, 0.717) is 26.4 Å². The van der Waals surface area contributed by atoms with Gasteiger partial charge in [-0.2, -0.15) is 0 Å². The molecule has 0 bridgehead atoms. The van der Waals surface area contributed by atoms with E-state index in [1.807, 2.05) is 6.92 Å². The lowest BCUT2D eigenvalue weighted by Crippen LogP contribution is -2.08. The molecule has 1 aliphatic rings. The van der Waals surface area contributed by atoms with Crippen molar-refractivity contribution in [1.29, 1.82) is 0 Å². The summed E-state index contributed by atoms with van der Waals surface area (Å²) in [6, 6.07) is 6.85. The van der Waals surface area contributed by atoms with Gasteiger partial charge < -0.3 is 5.32 Å². The van der Waals surface area contributed by atoms with E-state index in [4.69, 9.17) is 23.2 Å². The maximum absolute atomic E-state index is 12.6. The topological polar surface area (TPSA) is 76.4 Å². The number of hydrogen-bond donors (Lipinski definition) is 1. The van der Waals surface area contributed by atoms with Crippen molar-refractivity contribution < 1.29 is 9.59 Å². The Labute approximate surface area is 162 Å². The molecule has 4 rings (SSSR count). The number of fused-ring (bicyclic) bond motifs is 2. The van der Waals surface area contributed by atoms with Crippen LogP contribution in [0.2, 0.25) is 10.0 Å². The molecule has 1 aromatic carbocycles. The van der Waals surface area contributed by atoms with Gasteiger partial charge in [-0.3, -0.25) is 14.0 Å². The van der Waals surface area contributed by atoms with Crippen LogP contribution in [0.4, 0.5) is 5.69 Å². The fourth-order valence-corrected chi connectivity index (χ4v) is 4.12. The van der Waals surface area contributed by atoms with Crippen molar-refractivity contribution in [2.75, 3.05) is 11.1 Å². The highest BCUT2D eigenvalue weighted by Gasteiger charge is 2.27. The molecule has 2 aromatic heterocycles. The molecule has 0 radical (unpaired) electrons. The largest absolute Gasteiger partial charge is 0.325 e. The van der Waals surface area contributed by atoms with Gasteiger partial charge in [-0.25, -0.2) is 0 Å². The molecule has 1 N–H and O–H groups in total. The maximum Gasteiger partial charge on any atom is 0.231 e. The average Bonchev–Trinajstić information content (AvgIpc) is 3.14. The summed E-state index contributed by atoms with van der Waals surface area (Å²) in [6.07, 6.45) is 1.66. The van der Waals surface area contributed by atoms with Crippen molar-refractivity contribution in [2.45, 2.75) is 18.0 Å². The van der Waals surface area contributed by atoms with Crippen molar-refractivity contribution in [3.63, 3.8) is 0 Å². The van der Waals surface area contributed by atoms with Crippen molar-refractivity contribution in [2.24, 2.45) is 0 Å². The molecular weight excluding hydrogens is 395 g/mol. The molecule has 1 atom stereocenters. The summed E-state index contributed by atoms with van der Waals surface area (Å²) in [4.78, 5) is 24.3. The number of anilines is 1. The number of pyridine rings is 1. The van der Waals surface area contributed by atoms with Gasteiger partial charge in [0.05, 0.1) is 21.7 Å². The summed E-state index contributed by atoms with van der Waals surface area (Å²) in [7, 11) is 0. The highest BCUT2D eigenvalue weighted by Crippen LogP contribution is 2.33. The third kappa shape index (κ3) is 2.96. The molecule has 0 unspecified atom stereocenters. The smallest absolute Gasteiger partial charge is 0.231 e. The Morgan fingerprint density at radius 3 is 2.92 bits per heavy atom. The predicted molar refractivity (Wildman–Crippen MR) is 102 cm³/mol. The summed E-state index contributed by atoms with van der Waals surface area (Å²) < 4.78 is 1.66. The van der Waals surface area contributed by atoms with Crippen LogP contribution < -0.4 is 5.32 Å². The minimum atomic E-state index is -0.255. The number of benzene rings is 1. The van der Waals surface area contributed by atoms with Crippen LogP contribution in [-0.2, 0) is 4.79 Å². The number of Topliss-reactive ketones (excluding diaryl/α,β-unsaturated/α-hetero) is 1. The summed E-state index contributed by atoms with van der Waals surface area (Å²) in [5.74, 6) is -0.188. The number of carbonyl (C=O) groups excluding carboxylic acids is 2. The van der Waals surface area contributed by atoms with Gasteiger partial charge in [0.2, 0.25) is 5.91 Å². The number of rotatable bonds is 4. The van der Waals surface area contributed by atoms with Crippen LogP contribution in [0, 0.1) is 0 Å². The first-order chi connectivity index (χ1) is 12.4. The molecule has 3 aromatic rings. The van der Waals surface area contributed by atoms with Crippen LogP contribution in [0.3, 0.4) is 0 Å². The molecule has 9 heteroatoms. The van der Waals surface area contributed by atoms with Gasteiger partial charge in [0.1, 0.15) is 0 Å². The molecule has 0 saturated heterocycles. The molecule has 0 aliphatic carbocycles. The van der Waals surface area contributed by atoms with Gasteiger partial charge in [0.15, 0.2) is 16.6 Å². The minimum absolute atomic E-state index is 0.0531. The lowest BCUT2D eigenvalue weighted by Gasteiger charge is -2.05. The fourth-order valence-electron chi connectivity index (χ4n) is 2.80.